The number of amides is 2. The summed E-state index contributed by atoms with van der Waals surface area (Å²) in [5.41, 5.74) is 0. The predicted octanol–water partition coefficient (Wildman–Crippen LogP) is 0.734. The van der Waals surface area contributed by atoms with Crippen molar-refractivity contribution in [1.82, 2.24) is 14.7 Å². The summed E-state index contributed by atoms with van der Waals surface area (Å²) in [6.45, 7) is 7.66. The number of ether oxygens (including phenoxy) is 1. The van der Waals surface area contributed by atoms with E-state index in [-0.39, 0.29) is 17.9 Å². The SMILES string of the molecule is C[C@H](C(=O)N1CCOCC1)N1CCN(C(=O)C[C@@H]2C=CCC2)CC1. The molecule has 2 aliphatic heterocycles. The van der Waals surface area contributed by atoms with Gasteiger partial charge >= 0.3 is 0 Å². The van der Waals surface area contributed by atoms with Gasteiger partial charge < -0.3 is 14.5 Å². The van der Waals surface area contributed by atoms with E-state index in [0.717, 1.165) is 39.0 Å². The molecule has 6 heteroatoms. The molecule has 0 aromatic heterocycles. The minimum Gasteiger partial charge on any atom is -0.378 e. The molecule has 6 nitrogen and oxygen atoms in total. The third-order valence-corrected chi connectivity index (χ3v) is 5.44. The van der Waals surface area contributed by atoms with Crippen LogP contribution in [0.1, 0.15) is 26.2 Å². The largest absolute Gasteiger partial charge is 0.378 e. The lowest BCUT2D eigenvalue weighted by molar-refractivity contribution is -0.142. The molecular weight excluding hydrogens is 306 g/mol. The van der Waals surface area contributed by atoms with Crippen molar-refractivity contribution in [3.05, 3.63) is 12.2 Å². The molecular formula is C18H29N3O3. The van der Waals surface area contributed by atoms with E-state index in [0.29, 0.717) is 38.6 Å². The number of morpholine rings is 1. The van der Waals surface area contributed by atoms with Gasteiger partial charge in [0.15, 0.2) is 0 Å². The Morgan fingerprint density at radius 3 is 2.42 bits per heavy atom. The van der Waals surface area contributed by atoms with Crippen LogP contribution in [-0.2, 0) is 14.3 Å². The second-order valence-corrected chi connectivity index (χ2v) is 7.00. The normalized spacial score (nSPS) is 26.6. The van der Waals surface area contributed by atoms with Gasteiger partial charge in [0.1, 0.15) is 0 Å². The maximum Gasteiger partial charge on any atom is 0.239 e. The summed E-state index contributed by atoms with van der Waals surface area (Å²) in [6, 6.07) is -0.113. The molecule has 2 fully saturated rings. The monoisotopic (exact) mass is 335 g/mol. The molecule has 1 aliphatic carbocycles. The van der Waals surface area contributed by atoms with E-state index in [2.05, 4.69) is 17.1 Å². The molecule has 0 aromatic rings. The van der Waals surface area contributed by atoms with Gasteiger partial charge in [0.05, 0.1) is 19.3 Å². The summed E-state index contributed by atoms with van der Waals surface area (Å²) in [7, 11) is 0. The molecule has 0 radical (unpaired) electrons. The van der Waals surface area contributed by atoms with Gasteiger partial charge in [0.2, 0.25) is 11.8 Å². The Balaban J connectivity index is 1.44. The smallest absolute Gasteiger partial charge is 0.239 e. The first kappa shape index (κ1) is 17.4. The lowest BCUT2D eigenvalue weighted by atomic mass is 10.0. The molecule has 2 saturated heterocycles. The first-order valence-corrected chi connectivity index (χ1v) is 9.20. The van der Waals surface area contributed by atoms with Crippen LogP contribution in [0.25, 0.3) is 0 Å². The van der Waals surface area contributed by atoms with Gasteiger partial charge in [-0.15, -0.1) is 0 Å². The highest BCUT2D eigenvalue weighted by molar-refractivity contribution is 5.81. The minimum atomic E-state index is -0.113. The average molecular weight is 335 g/mol. The highest BCUT2D eigenvalue weighted by atomic mass is 16.5. The van der Waals surface area contributed by atoms with Gasteiger partial charge in [0, 0.05) is 45.7 Å². The number of piperazine rings is 1. The Kier molecular flexibility index (Phi) is 5.89. The second-order valence-electron chi connectivity index (χ2n) is 7.00. The summed E-state index contributed by atoms with van der Waals surface area (Å²) < 4.78 is 5.31. The molecule has 0 aromatic carbocycles. The van der Waals surface area contributed by atoms with E-state index in [1.165, 1.54) is 0 Å². The van der Waals surface area contributed by atoms with Crippen LogP contribution >= 0.6 is 0 Å². The van der Waals surface area contributed by atoms with E-state index in [4.69, 9.17) is 4.74 Å². The quantitative estimate of drug-likeness (QED) is 0.711. The standard InChI is InChI=1S/C18H29N3O3/c1-15(18(23)21-10-12-24-13-11-21)19-6-8-20(9-7-19)17(22)14-16-4-2-3-5-16/h2,4,15-16H,3,5-14H2,1H3/t15-,16-/m1/s1. The van der Waals surface area contributed by atoms with Crippen molar-refractivity contribution in [3.63, 3.8) is 0 Å². The van der Waals surface area contributed by atoms with E-state index in [1.807, 2.05) is 16.7 Å². The molecule has 0 saturated carbocycles. The van der Waals surface area contributed by atoms with Crippen molar-refractivity contribution in [2.75, 3.05) is 52.5 Å². The first-order valence-electron chi connectivity index (χ1n) is 9.20. The van der Waals surface area contributed by atoms with E-state index >= 15 is 0 Å². The fourth-order valence-electron chi connectivity index (χ4n) is 3.78. The summed E-state index contributed by atoms with van der Waals surface area (Å²) >= 11 is 0. The predicted molar refractivity (Wildman–Crippen MR) is 91.5 cm³/mol. The third-order valence-electron chi connectivity index (χ3n) is 5.44. The average Bonchev–Trinajstić information content (AvgIpc) is 3.14. The summed E-state index contributed by atoms with van der Waals surface area (Å²) in [4.78, 5) is 31.1. The summed E-state index contributed by atoms with van der Waals surface area (Å²) in [5.74, 6) is 0.880. The second kappa shape index (κ2) is 8.12. The first-order chi connectivity index (χ1) is 11.6. The lowest BCUT2D eigenvalue weighted by Gasteiger charge is -2.39. The van der Waals surface area contributed by atoms with Crippen molar-refractivity contribution < 1.29 is 14.3 Å². The minimum absolute atomic E-state index is 0.113. The Labute approximate surface area is 144 Å². The number of carbonyl (C=O) groups is 2. The molecule has 2 amide bonds. The van der Waals surface area contributed by atoms with Gasteiger partial charge in [-0.2, -0.15) is 0 Å². The zero-order valence-electron chi connectivity index (χ0n) is 14.7. The highest BCUT2D eigenvalue weighted by Crippen LogP contribution is 2.22. The van der Waals surface area contributed by atoms with Gasteiger partial charge in [-0.3, -0.25) is 14.5 Å². The topological polar surface area (TPSA) is 53.1 Å². The van der Waals surface area contributed by atoms with Crippen molar-refractivity contribution >= 4 is 11.8 Å². The molecule has 24 heavy (non-hydrogen) atoms. The van der Waals surface area contributed by atoms with Crippen LogP contribution in [0.3, 0.4) is 0 Å². The fraction of sp³-hybridized carbons (Fsp3) is 0.778. The van der Waals surface area contributed by atoms with Crippen LogP contribution in [0.5, 0.6) is 0 Å². The zero-order valence-corrected chi connectivity index (χ0v) is 14.7. The molecule has 134 valence electrons. The van der Waals surface area contributed by atoms with Crippen molar-refractivity contribution in [1.29, 1.82) is 0 Å². The van der Waals surface area contributed by atoms with Crippen molar-refractivity contribution in [2.24, 2.45) is 5.92 Å². The van der Waals surface area contributed by atoms with Gasteiger partial charge in [-0.1, -0.05) is 12.2 Å². The van der Waals surface area contributed by atoms with Gasteiger partial charge in [0.25, 0.3) is 0 Å². The van der Waals surface area contributed by atoms with Crippen LogP contribution < -0.4 is 0 Å². The Morgan fingerprint density at radius 1 is 1.08 bits per heavy atom. The number of hydrogen-bond acceptors (Lipinski definition) is 4. The number of hydrogen-bond donors (Lipinski definition) is 0. The molecule has 3 rings (SSSR count). The Hall–Kier alpha value is -1.40. The Morgan fingerprint density at radius 2 is 1.79 bits per heavy atom. The van der Waals surface area contributed by atoms with Gasteiger partial charge in [-0.25, -0.2) is 0 Å². The van der Waals surface area contributed by atoms with Crippen LogP contribution in [0.15, 0.2) is 12.2 Å². The maximum atomic E-state index is 12.6. The molecule has 3 aliphatic rings. The zero-order chi connectivity index (χ0) is 16.9. The maximum absolute atomic E-state index is 12.6. The number of allylic oxidation sites excluding steroid dienone is 2. The number of carbonyl (C=O) groups excluding carboxylic acids is 2. The molecule has 0 spiro atoms. The van der Waals surface area contributed by atoms with Crippen LogP contribution in [0.4, 0.5) is 0 Å². The van der Waals surface area contributed by atoms with Crippen LogP contribution in [0.2, 0.25) is 0 Å². The van der Waals surface area contributed by atoms with Crippen LogP contribution in [0, 0.1) is 5.92 Å². The van der Waals surface area contributed by atoms with Gasteiger partial charge in [-0.05, 0) is 25.7 Å². The van der Waals surface area contributed by atoms with Crippen molar-refractivity contribution in [2.45, 2.75) is 32.2 Å². The molecule has 0 N–H and O–H groups in total. The third kappa shape index (κ3) is 4.16. The van der Waals surface area contributed by atoms with Crippen LogP contribution in [-0.4, -0.2) is 85.0 Å². The van der Waals surface area contributed by atoms with E-state index in [1.54, 1.807) is 0 Å². The summed E-state index contributed by atoms with van der Waals surface area (Å²) in [5, 5.41) is 0. The van der Waals surface area contributed by atoms with E-state index in [9.17, 15) is 9.59 Å². The summed E-state index contributed by atoms with van der Waals surface area (Å²) in [6.07, 6.45) is 7.20. The molecule has 2 atom stereocenters. The number of nitrogens with zero attached hydrogens (tertiary/aromatic N) is 3. The van der Waals surface area contributed by atoms with E-state index < -0.39 is 0 Å². The molecule has 0 bridgehead atoms. The lowest BCUT2D eigenvalue weighted by Crippen LogP contribution is -2.56. The highest BCUT2D eigenvalue weighted by Gasteiger charge is 2.31. The molecule has 0 unspecified atom stereocenters. The number of rotatable bonds is 4. The fourth-order valence-corrected chi connectivity index (χ4v) is 3.78. The molecule has 2 heterocycles. The van der Waals surface area contributed by atoms with Crippen molar-refractivity contribution in [3.8, 4) is 0 Å². The Bertz CT molecular complexity index is 480.